The van der Waals surface area contributed by atoms with Crippen LogP contribution in [0.2, 0.25) is 0 Å². The molecule has 0 aromatic carbocycles. The second-order valence-electron chi connectivity index (χ2n) is 3.63. The molecule has 0 amide bonds. The fourth-order valence-corrected chi connectivity index (χ4v) is 0.508. The zero-order chi connectivity index (χ0) is 24.6. The third-order valence-electron chi connectivity index (χ3n) is 0.813. The number of nitrogens with zero attached hydrogens (tertiary/aromatic N) is 1. The molecular weight excluding hydrogens is 451 g/mol. The molecule has 0 fully saturated rings. The fraction of sp³-hybridized carbons (Fsp3) is 0.800. The predicted molar refractivity (Wildman–Crippen MR) is 73.9 cm³/mol. The minimum Gasteiger partial charge on any atom is -0.435 e. The van der Waals surface area contributed by atoms with Gasteiger partial charge in [-0.05, 0) is 0 Å². The normalized spacial score (nSPS) is 10.9. The van der Waals surface area contributed by atoms with E-state index in [2.05, 4.69) is 5.32 Å². The predicted octanol–water partition coefficient (Wildman–Crippen LogP) is 4.68. The number of halogens is 16. The molecule has 0 unspecified atom stereocenters. The molecule has 176 valence electrons. The Morgan fingerprint density at radius 1 is 0.571 bits per heavy atom. The Hall–Kier alpha value is -1.59. The first-order valence-electron chi connectivity index (χ1n) is 5.97. The van der Waals surface area contributed by atoms with Crippen molar-refractivity contribution in [2.75, 3.05) is 28.3 Å². The highest BCUT2D eigenvalue weighted by molar-refractivity contribution is 6.50. The number of rotatable bonds is 0. The van der Waals surface area contributed by atoms with Crippen LogP contribution in [0.4, 0.5) is 69.1 Å². The molecule has 0 aromatic rings. The van der Waals surface area contributed by atoms with Gasteiger partial charge in [-0.15, -0.1) is 0 Å². The molecule has 0 aliphatic rings. The van der Waals surface area contributed by atoms with Crippen LogP contribution in [0.25, 0.3) is 0 Å². The van der Waals surface area contributed by atoms with Gasteiger partial charge in [0, 0.05) is 0 Å². The zero-order valence-corrected chi connectivity index (χ0v) is 14.2. The minimum atomic E-state index is -6.00. The SMILES string of the molecule is CNC(OC)=[N+](C)C.F[B-](F)(F)F.F[B-](F)(F)F.F[B-](F)(F)F.F[B-](F)(F)F. The minimum absolute atomic E-state index is 0.769. The molecule has 28 heavy (non-hydrogen) atoms. The maximum absolute atomic E-state index is 9.75. The van der Waals surface area contributed by atoms with E-state index in [1.165, 1.54) is 0 Å². The quantitative estimate of drug-likeness (QED) is 0.185. The second-order valence-corrected chi connectivity index (χ2v) is 3.63. The summed E-state index contributed by atoms with van der Waals surface area (Å²) >= 11 is 0. The van der Waals surface area contributed by atoms with Crippen LogP contribution in [-0.2, 0) is 4.74 Å². The van der Waals surface area contributed by atoms with Gasteiger partial charge >= 0.3 is 35.0 Å². The van der Waals surface area contributed by atoms with Crippen LogP contribution < -0.4 is 5.32 Å². The molecule has 0 atom stereocenters. The van der Waals surface area contributed by atoms with Gasteiger partial charge in [0.2, 0.25) is 0 Å². The molecule has 0 radical (unpaired) electrons. The lowest BCUT2D eigenvalue weighted by Crippen LogP contribution is -2.28. The van der Waals surface area contributed by atoms with Crippen molar-refractivity contribution in [2.24, 2.45) is 0 Å². The van der Waals surface area contributed by atoms with Crippen LogP contribution in [-0.4, -0.2) is 67.9 Å². The van der Waals surface area contributed by atoms with Crippen LogP contribution in [0.3, 0.4) is 0 Å². The molecule has 0 aliphatic heterocycles. The summed E-state index contributed by atoms with van der Waals surface area (Å²) in [5.74, 6) is 0. The molecule has 0 aliphatic carbocycles. The highest BCUT2D eigenvalue weighted by atomic mass is 19.5. The Kier molecular flexibility index (Phi) is 21.8. The summed E-state index contributed by atoms with van der Waals surface area (Å²) in [5, 5.41) is 2.87. The Balaban J connectivity index is -0.0000000802. The van der Waals surface area contributed by atoms with Gasteiger partial charge in [-0.2, -0.15) is 0 Å². The smallest absolute Gasteiger partial charge is 0.435 e. The van der Waals surface area contributed by atoms with Crippen molar-refractivity contribution in [1.82, 2.24) is 5.32 Å². The lowest BCUT2D eigenvalue weighted by molar-refractivity contribution is -0.476. The van der Waals surface area contributed by atoms with Gasteiger partial charge in [-0.1, -0.05) is 0 Å². The van der Waals surface area contributed by atoms with Crippen LogP contribution in [0.5, 0.6) is 0 Å². The summed E-state index contributed by atoms with van der Waals surface area (Å²) in [7, 11) is -16.7. The number of hydrogen-bond donors (Lipinski definition) is 1. The summed E-state index contributed by atoms with van der Waals surface area (Å²) in [6.45, 7) is 0. The monoisotopic (exact) mass is 465 g/mol. The van der Waals surface area contributed by atoms with Crippen molar-refractivity contribution in [3.8, 4) is 0 Å². The number of nitrogens with one attached hydrogen (secondary N) is 1. The van der Waals surface area contributed by atoms with Gasteiger partial charge in [-0.25, -0.2) is 9.89 Å². The number of amidine groups is 1. The maximum Gasteiger partial charge on any atom is 0.673 e. The standard InChI is InChI=1S/C5H12N2O.4BF4/c1-6-5(8-4)7(2)3;4*2-1(3,4)5/h1-4H3;;;;/q;4*-1/p+1. The van der Waals surface area contributed by atoms with Crippen LogP contribution in [0, 0.1) is 0 Å². The lowest BCUT2D eigenvalue weighted by Gasteiger charge is -1.97. The third kappa shape index (κ3) is 326. The molecule has 0 aromatic heterocycles. The van der Waals surface area contributed by atoms with Crippen molar-refractivity contribution >= 4 is 35.0 Å². The molecule has 0 rings (SSSR count). The number of ether oxygens (including phenoxy) is 1. The first-order valence-corrected chi connectivity index (χ1v) is 5.97. The Morgan fingerprint density at radius 2 is 0.714 bits per heavy atom. The fourth-order valence-electron chi connectivity index (χ4n) is 0.508. The van der Waals surface area contributed by atoms with Crippen molar-refractivity contribution in [1.29, 1.82) is 0 Å². The van der Waals surface area contributed by atoms with E-state index >= 15 is 0 Å². The van der Waals surface area contributed by atoms with Gasteiger partial charge in [0.05, 0.1) is 28.3 Å². The van der Waals surface area contributed by atoms with Gasteiger partial charge in [-0.3, -0.25) is 0 Å². The summed E-state index contributed by atoms with van der Waals surface area (Å²) < 4.78 is 163. The average molecular weight is 464 g/mol. The van der Waals surface area contributed by atoms with Crippen molar-refractivity contribution < 1.29 is 78.4 Å². The number of hydrogen-bond acceptors (Lipinski definition) is 1. The van der Waals surface area contributed by atoms with E-state index in [-0.39, 0.29) is 0 Å². The highest BCUT2D eigenvalue weighted by Crippen LogP contribution is 2.08. The number of methoxy groups -OCH3 is 1. The van der Waals surface area contributed by atoms with E-state index < -0.39 is 29.0 Å². The molecule has 0 saturated carbocycles. The molecule has 0 saturated heterocycles. The van der Waals surface area contributed by atoms with Gasteiger partial charge in [0.1, 0.15) is 0 Å². The molecule has 0 spiro atoms. The highest BCUT2D eigenvalue weighted by Gasteiger charge is 2.21. The van der Waals surface area contributed by atoms with Gasteiger partial charge in [0.25, 0.3) is 0 Å². The van der Waals surface area contributed by atoms with E-state index in [1.807, 2.05) is 25.7 Å². The van der Waals surface area contributed by atoms with Gasteiger partial charge < -0.3 is 73.8 Å². The Morgan fingerprint density at radius 3 is 0.714 bits per heavy atom. The molecule has 0 bridgehead atoms. The van der Waals surface area contributed by atoms with Crippen molar-refractivity contribution in [3.05, 3.63) is 0 Å². The van der Waals surface area contributed by atoms with Crippen molar-refractivity contribution in [3.63, 3.8) is 0 Å². The first-order chi connectivity index (χ1) is 11.7. The largest absolute Gasteiger partial charge is 0.673 e. The summed E-state index contributed by atoms with van der Waals surface area (Å²) in [6, 6.07) is 0.769. The van der Waals surface area contributed by atoms with E-state index in [0.717, 1.165) is 6.02 Å². The maximum atomic E-state index is 9.75. The average Bonchev–Trinajstić information content (AvgIpc) is 2.19. The van der Waals surface area contributed by atoms with Crippen LogP contribution in [0.1, 0.15) is 0 Å². The van der Waals surface area contributed by atoms with Crippen molar-refractivity contribution in [2.45, 2.75) is 0 Å². The lowest BCUT2D eigenvalue weighted by atomic mass is 10.3. The molecule has 3 nitrogen and oxygen atoms in total. The topological polar surface area (TPSA) is 24.3 Å². The van der Waals surface area contributed by atoms with E-state index in [0.29, 0.717) is 0 Å². The Bertz CT molecular complexity index is 306. The molecule has 1 N–H and O–H groups in total. The van der Waals surface area contributed by atoms with Crippen LogP contribution >= 0.6 is 0 Å². The molecule has 0 heterocycles. The van der Waals surface area contributed by atoms with Crippen LogP contribution in [0.15, 0.2) is 0 Å². The summed E-state index contributed by atoms with van der Waals surface area (Å²) in [6.07, 6.45) is 0. The molecular formula is C5H13B4F16N2O-3. The Labute approximate surface area is 148 Å². The first kappa shape index (κ1) is 37.2. The molecule has 23 heteroatoms. The van der Waals surface area contributed by atoms with E-state index in [4.69, 9.17) is 4.74 Å². The zero-order valence-electron chi connectivity index (χ0n) is 14.2. The third-order valence-corrected chi connectivity index (χ3v) is 0.813. The second kappa shape index (κ2) is 16.4. The van der Waals surface area contributed by atoms with E-state index in [9.17, 15) is 69.1 Å². The van der Waals surface area contributed by atoms with E-state index in [1.54, 1.807) is 7.11 Å². The summed E-state index contributed by atoms with van der Waals surface area (Å²) in [5.41, 5.74) is 0. The summed E-state index contributed by atoms with van der Waals surface area (Å²) in [4.78, 5) is 0. The van der Waals surface area contributed by atoms with Gasteiger partial charge in [0.15, 0.2) is 0 Å².